The molecule has 1 nitrogen and oxygen atoms in total. The maximum atomic E-state index is 8.17. The van der Waals surface area contributed by atoms with E-state index in [1.165, 1.54) is 37.4 Å². The average Bonchev–Trinajstić information content (AvgIpc) is 1.97. The van der Waals surface area contributed by atoms with E-state index in [0.29, 0.717) is 0 Å². The molecule has 0 aromatic rings. The molecule has 0 rings (SSSR count). The fraction of sp³-hybridized carbons (Fsp3) is 0.857. The highest BCUT2D eigenvalue weighted by atomic mass is 79.9. The molecule has 0 aliphatic heterocycles. The Morgan fingerprint density at radius 2 is 1.90 bits per heavy atom. The standard InChI is InChI=1S/C7H12BrNS/c8-5-3-1-2-4-6-10-7-9/h1-6H2. The Morgan fingerprint density at radius 1 is 1.20 bits per heavy atom. The van der Waals surface area contributed by atoms with Crippen LogP contribution in [0.1, 0.15) is 25.7 Å². The van der Waals surface area contributed by atoms with E-state index in [9.17, 15) is 0 Å². The van der Waals surface area contributed by atoms with Gasteiger partial charge >= 0.3 is 0 Å². The molecule has 0 spiro atoms. The first-order valence-corrected chi connectivity index (χ1v) is 5.59. The van der Waals surface area contributed by atoms with Crippen molar-refractivity contribution in [2.45, 2.75) is 25.7 Å². The zero-order chi connectivity index (χ0) is 7.66. The molecule has 0 heterocycles. The Hall–Kier alpha value is 0.320. The van der Waals surface area contributed by atoms with Gasteiger partial charge in [-0.1, -0.05) is 28.8 Å². The minimum atomic E-state index is 0.999. The van der Waals surface area contributed by atoms with Crippen LogP contribution in [0, 0.1) is 10.7 Å². The Morgan fingerprint density at radius 3 is 2.50 bits per heavy atom. The van der Waals surface area contributed by atoms with Gasteiger partial charge in [0.1, 0.15) is 5.40 Å². The molecule has 3 heteroatoms. The van der Waals surface area contributed by atoms with Crippen LogP contribution in [0.15, 0.2) is 0 Å². The van der Waals surface area contributed by atoms with E-state index in [2.05, 4.69) is 21.3 Å². The molecule has 0 aromatic carbocycles. The monoisotopic (exact) mass is 221 g/mol. The number of alkyl halides is 1. The van der Waals surface area contributed by atoms with Crippen molar-refractivity contribution in [3.05, 3.63) is 0 Å². The van der Waals surface area contributed by atoms with Crippen LogP contribution in [0.4, 0.5) is 0 Å². The maximum absolute atomic E-state index is 8.17. The van der Waals surface area contributed by atoms with Gasteiger partial charge in [-0.05, 0) is 24.6 Å². The summed E-state index contributed by atoms with van der Waals surface area (Å²) < 4.78 is 0. The second-order valence-corrected chi connectivity index (χ2v) is 3.72. The third-order valence-electron chi connectivity index (χ3n) is 1.19. The van der Waals surface area contributed by atoms with Crippen LogP contribution in [0.3, 0.4) is 0 Å². The number of nitriles is 1. The van der Waals surface area contributed by atoms with Crippen molar-refractivity contribution in [3.63, 3.8) is 0 Å². The number of thioether (sulfide) groups is 1. The van der Waals surface area contributed by atoms with Crippen LogP contribution < -0.4 is 0 Å². The van der Waals surface area contributed by atoms with Crippen molar-refractivity contribution in [2.24, 2.45) is 0 Å². The van der Waals surface area contributed by atoms with Gasteiger partial charge in [-0.15, -0.1) is 0 Å². The molecule has 0 aliphatic rings. The molecular weight excluding hydrogens is 210 g/mol. The van der Waals surface area contributed by atoms with Crippen molar-refractivity contribution < 1.29 is 0 Å². The molecule has 0 saturated heterocycles. The Balaban J connectivity index is 2.72. The highest BCUT2D eigenvalue weighted by Gasteiger charge is 1.88. The summed E-state index contributed by atoms with van der Waals surface area (Å²) in [5, 5.41) is 11.3. The lowest BCUT2D eigenvalue weighted by molar-refractivity contribution is 0.713. The van der Waals surface area contributed by atoms with Crippen molar-refractivity contribution in [3.8, 4) is 5.40 Å². The molecule has 0 fully saturated rings. The SMILES string of the molecule is N#CSCCCCCCBr. The molecule has 0 atom stereocenters. The quantitative estimate of drug-likeness (QED) is 0.391. The average molecular weight is 222 g/mol. The number of nitrogens with zero attached hydrogens (tertiary/aromatic N) is 1. The molecule has 58 valence electrons. The third kappa shape index (κ3) is 8.32. The van der Waals surface area contributed by atoms with Gasteiger partial charge in [-0.2, -0.15) is 5.26 Å². The highest BCUT2D eigenvalue weighted by Crippen LogP contribution is 2.06. The molecule has 0 N–H and O–H groups in total. The van der Waals surface area contributed by atoms with E-state index >= 15 is 0 Å². The van der Waals surface area contributed by atoms with Crippen LogP contribution in [0.2, 0.25) is 0 Å². The Bertz CT molecular complexity index is 100. The van der Waals surface area contributed by atoms with E-state index in [0.717, 1.165) is 11.1 Å². The molecule has 10 heavy (non-hydrogen) atoms. The normalized spacial score (nSPS) is 9.20. The zero-order valence-corrected chi connectivity index (χ0v) is 8.38. The maximum Gasteiger partial charge on any atom is 0.133 e. The summed E-state index contributed by atoms with van der Waals surface area (Å²) in [7, 11) is 0. The first-order chi connectivity index (χ1) is 4.91. The van der Waals surface area contributed by atoms with Gasteiger partial charge in [-0.25, -0.2) is 0 Å². The smallest absolute Gasteiger partial charge is 0.133 e. The summed E-state index contributed by atoms with van der Waals surface area (Å²) in [6, 6.07) is 0. The topological polar surface area (TPSA) is 23.8 Å². The summed E-state index contributed by atoms with van der Waals surface area (Å²) in [6.07, 6.45) is 5.00. The summed E-state index contributed by atoms with van der Waals surface area (Å²) in [4.78, 5) is 0. The number of unbranched alkanes of at least 4 members (excludes halogenated alkanes) is 3. The Kier molecular flexibility index (Phi) is 9.62. The fourth-order valence-corrected chi connectivity index (χ4v) is 1.50. The highest BCUT2D eigenvalue weighted by molar-refractivity contribution is 9.09. The van der Waals surface area contributed by atoms with Crippen LogP contribution in [-0.4, -0.2) is 11.1 Å². The third-order valence-corrected chi connectivity index (χ3v) is 2.38. The van der Waals surface area contributed by atoms with E-state index in [-0.39, 0.29) is 0 Å². The summed E-state index contributed by atoms with van der Waals surface area (Å²) >= 11 is 4.73. The number of rotatable bonds is 6. The van der Waals surface area contributed by atoms with Gasteiger partial charge < -0.3 is 0 Å². The van der Waals surface area contributed by atoms with Crippen molar-refractivity contribution in [2.75, 3.05) is 11.1 Å². The van der Waals surface area contributed by atoms with Crippen LogP contribution >= 0.6 is 27.7 Å². The molecule has 0 unspecified atom stereocenters. The number of hydrogen-bond donors (Lipinski definition) is 0. The first kappa shape index (κ1) is 10.3. The summed E-state index contributed by atoms with van der Waals surface area (Å²) in [5.74, 6) is 0.999. The summed E-state index contributed by atoms with van der Waals surface area (Å²) in [5.41, 5.74) is 0. The lowest BCUT2D eigenvalue weighted by atomic mass is 10.2. The first-order valence-electron chi connectivity index (χ1n) is 3.48. The van der Waals surface area contributed by atoms with Crippen LogP contribution in [0.5, 0.6) is 0 Å². The summed E-state index contributed by atoms with van der Waals surface area (Å²) in [6.45, 7) is 0. The van der Waals surface area contributed by atoms with Crippen molar-refractivity contribution in [1.29, 1.82) is 5.26 Å². The van der Waals surface area contributed by atoms with Gasteiger partial charge in [0.05, 0.1) is 0 Å². The van der Waals surface area contributed by atoms with Gasteiger partial charge in [0.25, 0.3) is 0 Å². The van der Waals surface area contributed by atoms with E-state index in [1.807, 2.05) is 0 Å². The molecule has 0 saturated carbocycles. The van der Waals surface area contributed by atoms with E-state index < -0.39 is 0 Å². The molecule has 0 aromatic heterocycles. The van der Waals surface area contributed by atoms with Crippen LogP contribution in [0.25, 0.3) is 0 Å². The van der Waals surface area contributed by atoms with E-state index in [1.54, 1.807) is 0 Å². The molecule has 0 radical (unpaired) electrons. The largest absolute Gasteiger partial charge is 0.185 e. The lowest BCUT2D eigenvalue weighted by Gasteiger charge is -1.94. The number of thiocyanates is 1. The second-order valence-electron chi connectivity index (χ2n) is 2.04. The fourth-order valence-electron chi connectivity index (χ4n) is 0.668. The van der Waals surface area contributed by atoms with Gasteiger partial charge in [-0.3, -0.25) is 0 Å². The Labute approximate surface area is 75.3 Å². The lowest BCUT2D eigenvalue weighted by Crippen LogP contribution is -1.80. The molecule has 0 aliphatic carbocycles. The zero-order valence-electron chi connectivity index (χ0n) is 5.98. The minimum Gasteiger partial charge on any atom is -0.185 e. The van der Waals surface area contributed by atoms with Gasteiger partial charge in [0, 0.05) is 11.1 Å². The molecule has 0 bridgehead atoms. The second kappa shape index (κ2) is 9.32. The predicted octanol–water partition coefficient (Wildman–Crippen LogP) is 3.16. The van der Waals surface area contributed by atoms with Gasteiger partial charge in [0.15, 0.2) is 0 Å². The predicted molar refractivity (Wildman–Crippen MR) is 50.3 cm³/mol. The molecule has 0 amide bonds. The van der Waals surface area contributed by atoms with E-state index in [4.69, 9.17) is 5.26 Å². The minimum absolute atomic E-state index is 0.999. The molecular formula is C7H12BrNS. The number of halogens is 1. The van der Waals surface area contributed by atoms with Crippen molar-refractivity contribution >= 4 is 27.7 Å². The van der Waals surface area contributed by atoms with Crippen molar-refractivity contribution in [1.82, 2.24) is 0 Å². The number of hydrogen-bond acceptors (Lipinski definition) is 2. The van der Waals surface area contributed by atoms with Gasteiger partial charge in [0.2, 0.25) is 0 Å². The van der Waals surface area contributed by atoms with Crippen LogP contribution in [-0.2, 0) is 0 Å².